The second-order valence-electron chi connectivity index (χ2n) is 3.73. The lowest BCUT2D eigenvalue weighted by Crippen LogP contribution is -2.37. The zero-order chi connectivity index (χ0) is 11.7. The third-order valence-electron chi connectivity index (χ3n) is 2.79. The molecule has 0 aliphatic carbocycles. The molecule has 0 saturated carbocycles. The summed E-state index contributed by atoms with van der Waals surface area (Å²) in [5.74, 6) is -3.39. The Labute approximate surface area is 91.5 Å². The Balaban J connectivity index is 2.10. The van der Waals surface area contributed by atoms with Gasteiger partial charge in [0, 0.05) is 0 Å². The minimum atomic E-state index is -1.07. The van der Waals surface area contributed by atoms with E-state index in [9.17, 15) is 9.59 Å². The molecule has 4 unspecified atom stereocenters. The maximum absolute atomic E-state index is 11.6. The van der Waals surface area contributed by atoms with Crippen molar-refractivity contribution in [1.29, 1.82) is 0 Å². The van der Waals surface area contributed by atoms with Crippen LogP contribution in [0.1, 0.15) is 0 Å². The summed E-state index contributed by atoms with van der Waals surface area (Å²) in [6.45, 7) is -0.399. The van der Waals surface area contributed by atoms with E-state index in [-0.39, 0.29) is 13.2 Å². The average molecular weight is 228 g/mol. The maximum atomic E-state index is 11.6. The van der Waals surface area contributed by atoms with Crippen LogP contribution in [0.15, 0.2) is 12.2 Å². The van der Waals surface area contributed by atoms with Gasteiger partial charge in [0.1, 0.15) is 18.4 Å². The number of fused-ring (bicyclic) bond motifs is 2. The van der Waals surface area contributed by atoms with E-state index < -0.39 is 36.0 Å². The van der Waals surface area contributed by atoms with Crippen LogP contribution in [0.4, 0.5) is 0 Å². The molecule has 2 heterocycles. The lowest BCUT2D eigenvalue weighted by atomic mass is 9.83. The third-order valence-corrected chi connectivity index (χ3v) is 2.79. The molecule has 6 heteroatoms. The zero-order valence-corrected chi connectivity index (χ0v) is 8.41. The Morgan fingerprint density at radius 1 is 1.25 bits per heavy atom. The normalized spacial score (nSPS) is 35.3. The number of rotatable bonds is 4. The van der Waals surface area contributed by atoms with Crippen LogP contribution in [0.2, 0.25) is 0 Å². The highest BCUT2D eigenvalue weighted by Gasteiger charge is 2.53. The minimum Gasteiger partial charge on any atom is -0.481 e. The molecule has 6 nitrogen and oxygen atoms in total. The van der Waals surface area contributed by atoms with Gasteiger partial charge in [0.05, 0.1) is 18.8 Å². The highest BCUT2D eigenvalue weighted by molar-refractivity contribution is 5.84. The molecule has 2 aliphatic heterocycles. The van der Waals surface area contributed by atoms with Gasteiger partial charge in [-0.3, -0.25) is 9.59 Å². The number of carboxylic acids is 1. The van der Waals surface area contributed by atoms with E-state index in [4.69, 9.17) is 19.7 Å². The zero-order valence-electron chi connectivity index (χ0n) is 8.41. The first-order chi connectivity index (χ1) is 7.65. The topological polar surface area (TPSA) is 93.1 Å². The van der Waals surface area contributed by atoms with Crippen molar-refractivity contribution in [2.24, 2.45) is 11.8 Å². The minimum absolute atomic E-state index is 0.122. The summed E-state index contributed by atoms with van der Waals surface area (Å²) >= 11 is 0. The summed E-state index contributed by atoms with van der Waals surface area (Å²) in [4.78, 5) is 22.6. The maximum Gasteiger partial charge on any atom is 0.313 e. The first kappa shape index (κ1) is 11.1. The smallest absolute Gasteiger partial charge is 0.313 e. The summed E-state index contributed by atoms with van der Waals surface area (Å²) in [6.07, 6.45) is 2.26. The fourth-order valence-corrected chi connectivity index (χ4v) is 2.13. The number of ether oxygens (including phenoxy) is 2. The SMILES string of the molecule is O=C(O)C1C2C=CC(O2)C1C(=O)OCCO. The monoisotopic (exact) mass is 228 g/mol. The molecule has 0 aromatic carbocycles. The average Bonchev–Trinajstić information content (AvgIpc) is 2.84. The Bertz CT molecular complexity index is 336. The van der Waals surface area contributed by atoms with Gasteiger partial charge in [-0.25, -0.2) is 0 Å². The quantitative estimate of drug-likeness (QED) is 0.482. The van der Waals surface area contributed by atoms with Crippen molar-refractivity contribution in [3.8, 4) is 0 Å². The molecular weight excluding hydrogens is 216 g/mol. The number of carbonyl (C=O) groups is 2. The number of esters is 1. The fraction of sp³-hybridized carbons (Fsp3) is 0.600. The van der Waals surface area contributed by atoms with Crippen molar-refractivity contribution >= 4 is 11.9 Å². The second kappa shape index (κ2) is 4.23. The molecule has 2 bridgehead atoms. The highest BCUT2D eigenvalue weighted by Crippen LogP contribution is 2.39. The van der Waals surface area contributed by atoms with Gasteiger partial charge in [0.15, 0.2) is 0 Å². The lowest BCUT2D eigenvalue weighted by molar-refractivity contribution is -0.157. The van der Waals surface area contributed by atoms with Gasteiger partial charge in [-0.15, -0.1) is 0 Å². The molecule has 0 radical (unpaired) electrons. The molecule has 0 aromatic heterocycles. The molecule has 0 spiro atoms. The van der Waals surface area contributed by atoms with E-state index in [0.717, 1.165) is 0 Å². The fourth-order valence-electron chi connectivity index (χ4n) is 2.13. The predicted octanol–water partition coefficient (Wildman–Crippen LogP) is -0.824. The van der Waals surface area contributed by atoms with E-state index in [2.05, 4.69) is 0 Å². The number of carboxylic acid groups (broad SMARTS) is 1. The Hall–Kier alpha value is -1.40. The van der Waals surface area contributed by atoms with Gasteiger partial charge in [-0.05, 0) is 0 Å². The number of hydrogen-bond donors (Lipinski definition) is 2. The summed E-state index contributed by atoms with van der Waals surface area (Å²) < 4.78 is 10.0. The molecule has 16 heavy (non-hydrogen) atoms. The number of aliphatic hydroxyl groups excluding tert-OH is 1. The van der Waals surface area contributed by atoms with E-state index in [0.29, 0.717) is 0 Å². The molecular formula is C10H12O6. The van der Waals surface area contributed by atoms with Crippen LogP contribution in [0.25, 0.3) is 0 Å². The molecule has 2 aliphatic rings. The molecule has 2 N–H and O–H groups in total. The van der Waals surface area contributed by atoms with Crippen LogP contribution >= 0.6 is 0 Å². The van der Waals surface area contributed by atoms with E-state index >= 15 is 0 Å². The Morgan fingerprint density at radius 2 is 1.88 bits per heavy atom. The first-order valence-corrected chi connectivity index (χ1v) is 4.99. The van der Waals surface area contributed by atoms with Gasteiger partial charge in [-0.1, -0.05) is 12.2 Å². The molecule has 1 saturated heterocycles. The second-order valence-corrected chi connectivity index (χ2v) is 3.73. The molecule has 1 fully saturated rings. The Kier molecular flexibility index (Phi) is 2.93. The lowest BCUT2D eigenvalue weighted by Gasteiger charge is -2.19. The summed E-state index contributed by atoms with van der Waals surface area (Å²) in [5.41, 5.74) is 0. The van der Waals surface area contributed by atoms with Crippen molar-refractivity contribution in [2.75, 3.05) is 13.2 Å². The van der Waals surface area contributed by atoms with Crippen LogP contribution in [-0.4, -0.2) is 47.6 Å². The Morgan fingerprint density at radius 3 is 2.44 bits per heavy atom. The van der Waals surface area contributed by atoms with E-state index in [1.165, 1.54) is 0 Å². The van der Waals surface area contributed by atoms with Crippen LogP contribution < -0.4 is 0 Å². The van der Waals surface area contributed by atoms with Gasteiger partial charge < -0.3 is 19.7 Å². The first-order valence-electron chi connectivity index (χ1n) is 4.99. The number of aliphatic hydroxyl groups is 1. The van der Waals surface area contributed by atoms with Crippen molar-refractivity contribution in [2.45, 2.75) is 12.2 Å². The number of aliphatic carboxylic acids is 1. The number of carbonyl (C=O) groups excluding carboxylic acids is 1. The van der Waals surface area contributed by atoms with Crippen molar-refractivity contribution in [3.05, 3.63) is 12.2 Å². The molecule has 88 valence electrons. The predicted molar refractivity (Wildman–Crippen MR) is 50.5 cm³/mol. The third kappa shape index (κ3) is 1.70. The van der Waals surface area contributed by atoms with Gasteiger partial charge >= 0.3 is 11.9 Å². The van der Waals surface area contributed by atoms with Gasteiger partial charge in [-0.2, -0.15) is 0 Å². The largest absolute Gasteiger partial charge is 0.481 e. The summed E-state index contributed by atoms with van der Waals surface area (Å²) in [6, 6.07) is 0. The van der Waals surface area contributed by atoms with E-state index in [1.54, 1.807) is 12.2 Å². The summed E-state index contributed by atoms with van der Waals surface area (Å²) in [5, 5.41) is 17.5. The standard InChI is InChI=1S/C10H12O6/c11-3-4-15-10(14)8-6-2-1-5(16-6)7(8)9(12)13/h1-2,5-8,11H,3-4H2,(H,12,13). The van der Waals surface area contributed by atoms with Crippen LogP contribution in [0.3, 0.4) is 0 Å². The highest BCUT2D eigenvalue weighted by atomic mass is 16.6. The molecule has 0 amide bonds. The van der Waals surface area contributed by atoms with Gasteiger partial charge in [0.2, 0.25) is 0 Å². The van der Waals surface area contributed by atoms with Crippen molar-refractivity contribution in [3.63, 3.8) is 0 Å². The number of hydrogen-bond acceptors (Lipinski definition) is 5. The van der Waals surface area contributed by atoms with Crippen LogP contribution in [-0.2, 0) is 19.1 Å². The van der Waals surface area contributed by atoms with Crippen LogP contribution in [0, 0.1) is 11.8 Å². The summed E-state index contributed by atoms with van der Waals surface area (Å²) in [7, 11) is 0. The van der Waals surface area contributed by atoms with Crippen LogP contribution in [0.5, 0.6) is 0 Å². The van der Waals surface area contributed by atoms with Gasteiger partial charge in [0.25, 0.3) is 0 Å². The molecule has 2 rings (SSSR count). The van der Waals surface area contributed by atoms with E-state index in [1.807, 2.05) is 0 Å². The molecule has 0 aromatic rings. The molecule has 4 atom stereocenters. The van der Waals surface area contributed by atoms with Crippen molar-refractivity contribution in [1.82, 2.24) is 0 Å². The van der Waals surface area contributed by atoms with Crippen molar-refractivity contribution < 1.29 is 29.3 Å².